The summed E-state index contributed by atoms with van der Waals surface area (Å²) in [4.78, 5) is 20.3. The molecular weight excluding hydrogens is 280 g/mol. The van der Waals surface area contributed by atoms with Gasteiger partial charge in [0.15, 0.2) is 6.10 Å². The largest absolute Gasteiger partial charge is 0.454 e. The van der Waals surface area contributed by atoms with Crippen LogP contribution in [0.3, 0.4) is 0 Å². The first kappa shape index (κ1) is 14.4. The zero-order valence-electron chi connectivity index (χ0n) is 12.2. The fourth-order valence-corrected chi connectivity index (χ4v) is 2.67. The first-order chi connectivity index (χ1) is 10.7. The third kappa shape index (κ3) is 2.51. The van der Waals surface area contributed by atoms with E-state index in [0.29, 0.717) is 6.61 Å². The molecule has 3 rings (SSSR count). The SMILES string of the molecule is C=CCO[C@@H]1c2cccnc2-c2ncccc2[C@H]1OC(C)=O. The number of hydrogen-bond donors (Lipinski definition) is 0. The summed E-state index contributed by atoms with van der Waals surface area (Å²) in [6.07, 6.45) is 4.11. The normalized spacial score (nSPS) is 19.0. The predicted molar refractivity (Wildman–Crippen MR) is 80.9 cm³/mol. The molecule has 0 saturated heterocycles. The molecule has 2 aromatic heterocycles. The molecule has 1 aliphatic rings. The number of fused-ring (bicyclic) bond motifs is 3. The van der Waals surface area contributed by atoms with Crippen molar-refractivity contribution in [1.82, 2.24) is 9.97 Å². The van der Waals surface area contributed by atoms with Crippen LogP contribution in [-0.2, 0) is 14.3 Å². The van der Waals surface area contributed by atoms with E-state index in [1.807, 2.05) is 24.3 Å². The van der Waals surface area contributed by atoms with Crippen LogP contribution < -0.4 is 0 Å². The minimum Gasteiger partial charge on any atom is -0.454 e. The third-order valence-electron chi connectivity index (χ3n) is 3.48. The van der Waals surface area contributed by atoms with Gasteiger partial charge in [0.1, 0.15) is 6.10 Å². The molecule has 2 atom stereocenters. The Balaban J connectivity index is 2.15. The van der Waals surface area contributed by atoms with Crippen LogP contribution in [0.15, 0.2) is 49.3 Å². The van der Waals surface area contributed by atoms with Gasteiger partial charge in [0.2, 0.25) is 0 Å². The molecule has 5 heteroatoms. The summed E-state index contributed by atoms with van der Waals surface area (Å²) in [5.74, 6) is -0.362. The zero-order chi connectivity index (χ0) is 15.5. The standard InChI is InChI=1S/C17H16N2O3/c1-3-10-21-16-12-6-4-8-18-14(12)15-13(7-5-9-19-15)17(16)22-11(2)20/h3-9,16-17H,1,10H2,2H3/t16-,17-/m1/s1. The second kappa shape index (κ2) is 6.07. The number of nitrogens with zero attached hydrogens (tertiary/aromatic N) is 2. The van der Waals surface area contributed by atoms with E-state index in [0.717, 1.165) is 22.5 Å². The van der Waals surface area contributed by atoms with Crippen molar-refractivity contribution in [2.24, 2.45) is 0 Å². The van der Waals surface area contributed by atoms with E-state index in [4.69, 9.17) is 9.47 Å². The molecule has 0 saturated carbocycles. The second-order valence-electron chi connectivity index (χ2n) is 4.96. The van der Waals surface area contributed by atoms with E-state index < -0.39 is 12.2 Å². The molecule has 0 N–H and O–H groups in total. The van der Waals surface area contributed by atoms with Crippen LogP contribution in [0.1, 0.15) is 30.3 Å². The first-order valence-electron chi connectivity index (χ1n) is 7.02. The number of rotatable bonds is 4. The lowest BCUT2D eigenvalue weighted by Gasteiger charge is -2.33. The van der Waals surface area contributed by atoms with Crippen molar-refractivity contribution < 1.29 is 14.3 Å². The molecule has 2 heterocycles. The minimum absolute atomic E-state index is 0.354. The van der Waals surface area contributed by atoms with Gasteiger partial charge in [-0.1, -0.05) is 18.2 Å². The van der Waals surface area contributed by atoms with Crippen molar-refractivity contribution in [3.63, 3.8) is 0 Å². The summed E-state index contributed by atoms with van der Waals surface area (Å²) in [5, 5.41) is 0. The number of pyridine rings is 2. The number of carbonyl (C=O) groups excluding carboxylic acids is 1. The Morgan fingerprint density at radius 1 is 1.18 bits per heavy atom. The van der Waals surface area contributed by atoms with E-state index >= 15 is 0 Å². The van der Waals surface area contributed by atoms with Crippen LogP contribution in [0.2, 0.25) is 0 Å². The molecule has 0 radical (unpaired) electrons. The molecule has 0 aromatic carbocycles. The predicted octanol–water partition coefficient (Wildman–Crippen LogP) is 3.01. The van der Waals surface area contributed by atoms with Gasteiger partial charge < -0.3 is 9.47 Å². The Labute approximate surface area is 128 Å². The molecule has 2 aromatic rings. The van der Waals surface area contributed by atoms with Crippen molar-refractivity contribution in [3.05, 3.63) is 60.4 Å². The highest BCUT2D eigenvalue weighted by Crippen LogP contribution is 2.46. The van der Waals surface area contributed by atoms with Gasteiger partial charge in [-0.15, -0.1) is 6.58 Å². The summed E-state index contributed by atoms with van der Waals surface area (Å²) in [7, 11) is 0. The highest BCUT2D eigenvalue weighted by molar-refractivity contribution is 5.70. The topological polar surface area (TPSA) is 61.3 Å². The highest BCUT2D eigenvalue weighted by atomic mass is 16.6. The van der Waals surface area contributed by atoms with Gasteiger partial charge in [-0.2, -0.15) is 0 Å². The Morgan fingerprint density at radius 3 is 2.32 bits per heavy atom. The molecule has 0 spiro atoms. The maximum atomic E-state index is 11.5. The Hall–Kier alpha value is -2.53. The second-order valence-corrected chi connectivity index (χ2v) is 4.96. The van der Waals surface area contributed by atoms with E-state index in [1.54, 1.807) is 18.5 Å². The smallest absolute Gasteiger partial charge is 0.303 e. The van der Waals surface area contributed by atoms with E-state index in [1.165, 1.54) is 6.92 Å². The number of carbonyl (C=O) groups is 1. The number of aromatic nitrogens is 2. The van der Waals surface area contributed by atoms with Crippen molar-refractivity contribution in [3.8, 4) is 11.4 Å². The molecule has 1 aliphatic carbocycles. The molecule has 0 amide bonds. The quantitative estimate of drug-likeness (QED) is 0.641. The third-order valence-corrected chi connectivity index (χ3v) is 3.48. The zero-order valence-corrected chi connectivity index (χ0v) is 12.2. The lowest BCUT2D eigenvalue weighted by molar-refractivity contribution is -0.156. The number of hydrogen-bond acceptors (Lipinski definition) is 5. The van der Waals surface area contributed by atoms with E-state index in [9.17, 15) is 4.79 Å². The average Bonchev–Trinajstić information content (AvgIpc) is 2.54. The minimum atomic E-state index is -0.544. The van der Waals surface area contributed by atoms with Gasteiger partial charge in [-0.25, -0.2) is 0 Å². The van der Waals surface area contributed by atoms with Crippen LogP contribution in [0, 0.1) is 0 Å². The lowest BCUT2D eigenvalue weighted by Crippen LogP contribution is -2.25. The molecule has 0 unspecified atom stereocenters. The van der Waals surface area contributed by atoms with E-state index in [-0.39, 0.29) is 5.97 Å². The van der Waals surface area contributed by atoms with Crippen molar-refractivity contribution in [2.75, 3.05) is 6.61 Å². The van der Waals surface area contributed by atoms with Crippen molar-refractivity contribution in [1.29, 1.82) is 0 Å². The molecule has 5 nitrogen and oxygen atoms in total. The number of esters is 1. The molecule has 112 valence electrons. The monoisotopic (exact) mass is 296 g/mol. The van der Waals surface area contributed by atoms with Crippen LogP contribution >= 0.6 is 0 Å². The molecule has 0 aliphatic heterocycles. The van der Waals surface area contributed by atoms with Crippen LogP contribution in [0.25, 0.3) is 11.4 Å². The van der Waals surface area contributed by atoms with Crippen LogP contribution in [-0.4, -0.2) is 22.5 Å². The van der Waals surface area contributed by atoms with Gasteiger partial charge in [-0.3, -0.25) is 14.8 Å². The van der Waals surface area contributed by atoms with Crippen molar-refractivity contribution in [2.45, 2.75) is 19.1 Å². The van der Waals surface area contributed by atoms with Crippen LogP contribution in [0.5, 0.6) is 0 Å². The summed E-state index contributed by atoms with van der Waals surface area (Å²) >= 11 is 0. The Morgan fingerprint density at radius 2 is 1.77 bits per heavy atom. The van der Waals surface area contributed by atoms with Gasteiger partial charge in [0, 0.05) is 30.4 Å². The van der Waals surface area contributed by atoms with Gasteiger partial charge >= 0.3 is 5.97 Å². The Bertz CT molecular complexity index is 715. The molecule has 22 heavy (non-hydrogen) atoms. The lowest BCUT2D eigenvalue weighted by atomic mass is 9.87. The molecule has 0 fully saturated rings. The molecular formula is C17H16N2O3. The summed E-state index contributed by atoms with van der Waals surface area (Å²) in [6.45, 7) is 5.41. The summed E-state index contributed by atoms with van der Waals surface area (Å²) in [6, 6.07) is 7.46. The van der Waals surface area contributed by atoms with Crippen molar-refractivity contribution >= 4 is 5.97 Å². The number of ether oxygens (including phenoxy) is 2. The highest BCUT2D eigenvalue weighted by Gasteiger charge is 2.37. The van der Waals surface area contributed by atoms with Crippen LogP contribution in [0.4, 0.5) is 0 Å². The molecule has 0 bridgehead atoms. The average molecular weight is 296 g/mol. The van der Waals surface area contributed by atoms with Gasteiger partial charge in [0.25, 0.3) is 0 Å². The maximum absolute atomic E-state index is 11.5. The van der Waals surface area contributed by atoms with E-state index in [2.05, 4.69) is 16.5 Å². The fourth-order valence-electron chi connectivity index (χ4n) is 2.67. The maximum Gasteiger partial charge on any atom is 0.303 e. The van der Waals surface area contributed by atoms with Gasteiger partial charge in [-0.05, 0) is 12.1 Å². The fraction of sp³-hybridized carbons (Fsp3) is 0.235. The first-order valence-corrected chi connectivity index (χ1v) is 7.02. The Kier molecular flexibility index (Phi) is 3.98. The summed E-state index contributed by atoms with van der Waals surface area (Å²) in [5.41, 5.74) is 3.15. The van der Waals surface area contributed by atoms with Gasteiger partial charge in [0.05, 0.1) is 18.0 Å². The summed E-state index contributed by atoms with van der Waals surface area (Å²) < 4.78 is 11.4.